The Hall–Kier alpha value is -3.26. The number of esters is 1. The van der Waals surface area contributed by atoms with Crippen molar-refractivity contribution in [2.75, 3.05) is 6.54 Å². The molecule has 9 heteroatoms. The van der Waals surface area contributed by atoms with Crippen molar-refractivity contribution in [3.05, 3.63) is 71.0 Å². The van der Waals surface area contributed by atoms with E-state index < -0.39 is 11.9 Å². The summed E-state index contributed by atoms with van der Waals surface area (Å²) in [5.74, 6) is -0.968. The zero-order valence-corrected chi connectivity index (χ0v) is 14.3. The van der Waals surface area contributed by atoms with Gasteiger partial charge < -0.3 is 10.1 Å². The normalized spacial score (nSPS) is 10.3. The lowest BCUT2D eigenvalue weighted by Crippen LogP contribution is -2.30. The van der Waals surface area contributed by atoms with E-state index in [4.69, 9.17) is 16.3 Å². The summed E-state index contributed by atoms with van der Waals surface area (Å²) in [6.45, 7) is -0.207. The SMILES string of the molecule is O=C(CNC(=O)c1cccc(-n2cnnn2)c1)OCc1ccccc1Cl. The average Bonchev–Trinajstić information content (AvgIpc) is 3.20. The van der Waals surface area contributed by atoms with Crippen LogP contribution >= 0.6 is 11.6 Å². The number of hydrogen-bond donors (Lipinski definition) is 1. The molecule has 0 radical (unpaired) electrons. The summed E-state index contributed by atoms with van der Waals surface area (Å²) in [4.78, 5) is 24.0. The van der Waals surface area contributed by atoms with Crippen molar-refractivity contribution >= 4 is 23.5 Å². The minimum atomic E-state index is -0.560. The molecule has 0 unspecified atom stereocenters. The third kappa shape index (κ3) is 4.42. The number of halogens is 1. The van der Waals surface area contributed by atoms with Crippen LogP contribution in [-0.2, 0) is 16.1 Å². The Morgan fingerprint density at radius 2 is 2.00 bits per heavy atom. The van der Waals surface area contributed by atoms with Gasteiger partial charge in [-0.2, -0.15) is 0 Å². The first-order valence-electron chi connectivity index (χ1n) is 7.64. The largest absolute Gasteiger partial charge is 0.459 e. The van der Waals surface area contributed by atoms with Crippen molar-refractivity contribution in [3.63, 3.8) is 0 Å². The highest BCUT2D eigenvalue weighted by Gasteiger charge is 2.11. The lowest BCUT2D eigenvalue weighted by Gasteiger charge is -2.08. The van der Waals surface area contributed by atoms with E-state index in [0.29, 0.717) is 21.8 Å². The summed E-state index contributed by atoms with van der Waals surface area (Å²) in [7, 11) is 0. The van der Waals surface area contributed by atoms with Gasteiger partial charge in [-0.25, -0.2) is 4.68 Å². The molecule has 0 atom stereocenters. The van der Waals surface area contributed by atoms with Gasteiger partial charge >= 0.3 is 5.97 Å². The minimum Gasteiger partial charge on any atom is -0.459 e. The smallest absolute Gasteiger partial charge is 0.325 e. The van der Waals surface area contributed by atoms with Crippen molar-refractivity contribution in [2.24, 2.45) is 0 Å². The van der Waals surface area contributed by atoms with Gasteiger partial charge in [0.2, 0.25) is 0 Å². The molecule has 0 saturated heterocycles. The molecule has 8 nitrogen and oxygen atoms in total. The zero-order chi connectivity index (χ0) is 18.4. The van der Waals surface area contributed by atoms with E-state index >= 15 is 0 Å². The van der Waals surface area contributed by atoms with Crippen LogP contribution in [0.1, 0.15) is 15.9 Å². The molecule has 1 heterocycles. The molecule has 3 aromatic rings. The Morgan fingerprint density at radius 3 is 2.77 bits per heavy atom. The van der Waals surface area contributed by atoms with E-state index in [1.54, 1.807) is 48.5 Å². The fourth-order valence-corrected chi connectivity index (χ4v) is 2.34. The van der Waals surface area contributed by atoms with Crippen LogP contribution in [-0.4, -0.2) is 38.6 Å². The molecule has 1 aromatic heterocycles. The fraction of sp³-hybridized carbons (Fsp3) is 0.118. The Bertz CT molecular complexity index is 914. The summed E-state index contributed by atoms with van der Waals surface area (Å²) < 4.78 is 6.53. The average molecular weight is 372 g/mol. The summed E-state index contributed by atoms with van der Waals surface area (Å²) in [5, 5.41) is 13.9. The van der Waals surface area contributed by atoms with Crippen molar-refractivity contribution < 1.29 is 14.3 Å². The number of ether oxygens (including phenoxy) is 1. The number of hydrogen-bond acceptors (Lipinski definition) is 6. The highest BCUT2D eigenvalue weighted by atomic mass is 35.5. The summed E-state index contributed by atoms with van der Waals surface area (Å²) in [5.41, 5.74) is 1.70. The number of nitrogens with zero attached hydrogens (tertiary/aromatic N) is 4. The number of rotatable bonds is 6. The minimum absolute atomic E-state index is 0.0448. The zero-order valence-electron chi connectivity index (χ0n) is 13.5. The summed E-state index contributed by atoms with van der Waals surface area (Å²) in [6, 6.07) is 13.8. The van der Waals surface area contributed by atoms with Gasteiger partial charge in [0.25, 0.3) is 5.91 Å². The lowest BCUT2D eigenvalue weighted by molar-refractivity contribution is -0.143. The van der Waals surface area contributed by atoms with Crippen molar-refractivity contribution in [1.29, 1.82) is 0 Å². The predicted molar refractivity (Wildman–Crippen MR) is 92.7 cm³/mol. The van der Waals surface area contributed by atoms with E-state index in [1.807, 2.05) is 0 Å². The molecular formula is C17H14ClN5O3. The highest BCUT2D eigenvalue weighted by Crippen LogP contribution is 2.15. The first-order valence-corrected chi connectivity index (χ1v) is 8.02. The van der Waals surface area contributed by atoms with Gasteiger partial charge in [-0.1, -0.05) is 35.9 Å². The van der Waals surface area contributed by atoms with E-state index in [2.05, 4.69) is 20.8 Å². The highest BCUT2D eigenvalue weighted by molar-refractivity contribution is 6.31. The summed E-state index contributed by atoms with van der Waals surface area (Å²) in [6.07, 6.45) is 1.42. The third-order valence-electron chi connectivity index (χ3n) is 3.46. The van der Waals surface area contributed by atoms with Crippen molar-refractivity contribution in [3.8, 4) is 5.69 Å². The second-order valence-corrected chi connectivity index (χ2v) is 5.65. The van der Waals surface area contributed by atoms with E-state index in [0.717, 1.165) is 0 Å². The molecule has 3 rings (SSSR count). The molecule has 0 aliphatic rings. The quantitative estimate of drug-likeness (QED) is 0.663. The van der Waals surface area contributed by atoms with Crippen LogP contribution in [0.15, 0.2) is 54.9 Å². The van der Waals surface area contributed by atoms with Gasteiger partial charge in [0.1, 0.15) is 19.5 Å². The number of aromatic nitrogens is 4. The molecule has 26 heavy (non-hydrogen) atoms. The molecule has 0 saturated carbocycles. The second kappa shape index (κ2) is 8.21. The topological polar surface area (TPSA) is 99.0 Å². The Labute approximate surface area is 153 Å². The second-order valence-electron chi connectivity index (χ2n) is 5.24. The van der Waals surface area contributed by atoms with Crippen LogP contribution in [0.4, 0.5) is 0 Å². The lowest BCUT2D eigenvalue weighted by atomic mass is 10.2. The molecule has 0 fully saturated rings. The van der Waals surface area contributed by atoms with Crippen LogP contribution in [0, 0.1) is 0 Å². The molecule has 0 aliphatic heterocycles. The fourth-order valence-electron chi connectivity index (χ4n) is 2.15. The van der Waals surface area contributed by atoms with Crippen LogP contribution in [0.3, 0.4) is 0 Å². The standard InChI is InChI=1S/C17H14ClN5O3/c18-15-7-2-1-4-13(15)10-26-16(24)9-19-17(25)12-5-3-6-14(8-12)23-11-20-21-22-23/h1-8,11H,9-10H2,(H,19,25). The maximum Gasteiger partial charge on any atom is 0.325 e. The predicted octanol–water partition coefficient (Wildman–Crippen LogP) is 1.79. The van der Waals surface area contributed by atoms with E-state index in [9.17, 15) is 9.59 Å². The van der Waals surface area contributed by atoms with Gasteiger partial charge in [0.05, 0.1) is 5.69 Å². The van der Waals surface area contributed by atoms with Gasteiger partial charge in [-0.15, -0.1) is 5.10 Å². The van der Waals surface area contributed by atoms with Gasteiger partial charge in [0.15, 0.2) is 0 Å². The third-order valence-corrected chi connectivity index (χ3v) is 3.83. The first-order chi connectivity index (χ1) is 12.6. The maximum atomic E-state index is 12.2. The van der Waals surface area contributed by atoms with Crippen LogP contribution in [0.25, 0.3) is 5.69 Å². The maximum absolute atomic E-state index is 12.2. The molecule has 132 valence electrons. The molecule has 0 bridgehead atoms. The monoisotopic (exact) mass is 371 g/mol. The van der Waals surface area contributed by atoms with Crippen molar-refractivity contribution in [1.82, 2.24) is 25.5 Å². The van der Waals surface area contributed by atoms with Crippen molar-refractivity contribution in [2.45, 2.75) is 6.61 Å². The first kappa shape index (κ1) is 17.6. The molecule has 0 spiro atoms. The molecule has 0 aliphatic carbocycles. The number of carbonyl (C=O) groups is 2. The Morgan fingerprint density at radius 1 is 1.15 bits per heavy atom. The molecule has 1 amide bonds. The number of tetrazole rings is 1. The molecule has 1 N–H and O–H groups in total. The number of nitrogens with one attached hydrogen (secondary N) is 1. The van der Waals surface area contributed by atoms with Gasteiger partial charge in [-0.05, 0) is 34.7 Å². The summed E-state index contributed by atoms with van der Waals surface area (Å²) >= 11 is 6.00. The number of amides is 1. The van der Waals surface area contributed by atoms with E-state index in [1.165, 1.54) is 11.0 Å². The molecule has 2 aromatic carbocycles. The van der Waals surface area contributed by atoms with E-state index in [-0.39, 0.29) is 13.2 Å². The number of carbonyl (C=O) groups excluding carboxylic acids is 2. The Kier molecular flexibility index (Phi) is 5.55. The molecular weight excluding hydrogens is 358 g/mol. The Balaban J connectivity index is 1.53. The van der Waals surface area contributed by atoms with Gasteiger partial charge in [-0.3, -0.25) is 9.59 Å². The number of benzene rings is 2. The van der Waals surface area contributed by atoms with Crippen LogP contribution in [0.5, 0.6) is 0 Å². The van der Waals surface area contributed by atoms with Gasteiger partial charge in [0, 0.05) is 16.1 Å². The van der Waals surface area contributed by atoms with Crippen LogP contribution in [0.2, 0.25) is 5.02 Å². The van der Waals surface area contributed by atoms with Crippen LogP contribution < -0.4 is 5.32 Å².